The Kier molecular flexibility index (Phi) is 6.98. The number of carbonyl (C=O) groups is 1. The molecule has 0 N–H and O–H groups in total. The van der Waals surface area contributed by atoms with Gasteiger partial charge in [-0.15, -0.1) is 11.3 Å². The summed E-state index contributed by atoms with van der Waals surface area (Å²) >= 11 is 7.98. The highest BCUT2D eigenvalue weighted by Crippen LogP contribution is 2.32. The molecule has 1 amide bonds. The lowest BCUT2D eigenvalue weighted by molar-refractivity contribution is -0.384. The second kappa shape index (κ2) is 9.60. The first kappa shape index (κ1) is 24.0. The third-order valence-corrected chi connectivity index (χ3v) is 9.85. The van der Waals surface area contributed by atoms with Gasteiger partial charge in [0.25, 0.3) is 21.6 Å². The number of non-ortho nitro benzene ring substituents is 1. The lowest BCUT2D eigenvalue weighted by atomic mass is 10.2. The average Bonchev–Trinajstić information content (AvgIpc) is 3.50. The number of methoxy groups -OCH3 is 1. The van der Waals surface area contributed by atoms with Gasteiger partial charge in [0.05, 0.1) is 26.1 Å². The molecule has 0 unspecified atom stereocenters. The van der Waals surface area contributed by atoms with Gasteiger partial charge >= 0.3 is 0 Å². The van der Waals surface area contributed by atoms with E-state index < -0.39 is 26.9 Å². The van der Waals surface area contributed by atoms with E-state index in [1.54, 1.807) is 17.7 Å². The molecule has 0 bridgehead atoms. The maximum Gasteiger partial charge on any atom is 0.270 e. The van der Waals surface area contributed by atoms with Crippen LogP contribution >= 0.6 is 34.3 Å². The zero-order chi connectivity index (χ0) is 23.8. The summed E-state index contributed by atoms with van der Waals surface area (Å²) in [6.45, 7) is 0.931. The summed E-state index contributed by atoms with van der Waals surface area (Å²) in [5.41, 5.74) is 0.613. The Morgan fingerprint density at radius 2 is 2.12 bits per heavy atom. The SMILES string of the molecule is COCCn1c(=NC(=O)[C@@H]2CCCN2S(=O)(=O)c2ccc(Cl)s2)sc2cc([N+](=O)[O-])ccc21. The van der Waals surface area contributed by atoms with E-state index in [1.165, 1.54) is 28.6 Å². The van der Waals surface area contributed by atoms with Crippen molar-refractivity contribution in [3.05, 3.63) is 49.6 Å². The first-order chi connectivity index (χ1) is 15.7. The van der Waals surface area contributed by atoms with Crippen molar-refractivity contribution < 1.29 is 22.9 Å². The molecule has 0 saturated carbocycles. The van der Waals surface area contributed by atoms with Gasteiger partial charge in [-0.2, -0.15) is 9.30 Å². The largest absolute Gasteiger partial charge is 0.383 e. The van der Waals surface area contributed by atoms with E-state index >= 15 is 0 Å². The van der Waals surface area contributed by atoms with Gasteiger partial charge in [-0.1, -0.05) is 22.9 Å². The third kappa shape index (κ3) is 4.74. The van der Waals surface area contributed by atoms with Crippen molar-refractivity contribution in [3.63, 3.8) is 0 Å². The Balaban J connectivity index is 1.73. The van der Waals surface area contributed by atoms with Crippen molar-refractivity contribution in [1.29, 1.82) is 0 Å². The highest BCUT2D eigenvalue weighted by Gasteiger charge is 2.40. The number of ether oxygens (including phenoxy) is 1. The summed E-state index contributed by atoms with van der Waals surface area (Å²) in [5.74, 6) is -0.578. The van der Waals surface area contributed by atoms with E-state index in [4.69, 9.17) is 16.3 Å². The Hall–Kier alpha value is -2.16. The quantitative estimate of drug-likeness (QED) is 0.341. The molecule has 0 aliphatic carbocycles. The van der Waals surface area contributed by atoms with Gasteiger partial charge in [0.15, 0.2) is 4.80 Å². The monoisotopic (exact) mass is 530 g/mol. The van der Waals surface area contributed by atoms with Crippen LogP contribution in [0, 0.1) is 10.1 Å². The summed E-state index contributed by atoms with van der Waals surface area (Å²) in [4.78, 5) is 28.4. The smallest absolute Gasteiger partial charge is 0.270 e. The van der Waals surface area contributed by atoms with Gasteiger partial charge in [0.1, 0.15) is 10.3 Å². The van der Waals surface area contributed by atoms with Crippen molar-refractivity contribution in [1.82, 2.24) is 8.87 Å². The van der Waals surface area contributed by atoms with Crippen LogP contribution in [0.5, 0.6) is 0 Å². The summed E-state index contributed by atoms with van der Waals surface area (Å²) in [6, 6.07) is 6.44. The van der Waals surface area contributed by atoms with E-state index in [9.17, 15) is 23.3 Å². The van der Waals surface area contributed by atoms with Crippen LogP contribution in [0.2, 0.25) is 4.34 Å². The number of amides is 1. The van der Waals surface area contributed by atoms with Gasteiger partial charge < -0.3 is 9.30 Å². The second-order valence-corrected chi connectivity index (χ2v) is 12.1. The molecule has 4 rings (SSSR count). The molecule has 176 valence electrons. The number of halogens is 1. The van der Waals surface area contributed by atoms with Crippen LogP contribution < -0.4 is 4.80 Å². The van der Waals surface area contributed by atoms with Crippen molar-refractivity contribution in [2.45, 2.75) is 29.6 Å². The van der Waals surface area contributed by atoms with Crippen molar-refractivity contribution >= 4 is 66.1 Å². The normalized spacial score (nSPS) is 17.8. The molecule has 10 nitrogen and oxygen atoms in total. The molecule has 33 heavy (non-hydrogen) atoms. The minimum Gasteiger partial charge on any atom is -0.383 e. The minimum atomic E-state index is -3.88. The summed E-state index contributed by atoms with van der Waals surface area (Å²) in [6.07, 6.45) is 0.891. The Labute approximate surface area is 201 Å². The van der Waals surface area contributed by atoms with Crippen molar-refractivity contribution in [3.8, 4) is 0 Å². The van der Waals surface area contributed by atoms with E-state index in [2.05, 4.69) is 4.99 Å². The molecule has 1 aromatic carbocycles. The number of thiophene rings is 1. The number of hydrogen-bond donors (Lipinski definition) is 0. The molecular weight excluding hydrogens is 512 g/mol. The maximum atomic E-state index is 13.1. The van der Waals surface area contributed by atoms with Crippen LogP contribution in [0.25, 0.3) is 10.2 Å². The maximum absolute atomic E-state index is 13.1. The van der Waals surface area contributed by atoms with E-state index in [-0.39, 0.29) is 16.4 Å². The summed E-state index contributed by atoms with van der Waals surface area (Å²) < 4.78 is 35.2. The predicted octanol–water partition coefficient (Wildman–Crippen LogP) is 3.25. The molecule has 3 aromatic rings. The first-order valence-corrected chi connectivity index (χ1v) is 13.3. The number of nitro groups is 1. The number of sulfonamides is 1. The summed E-state index contributed by atoms with van der Waals surface area (Å²) in [7, 11) is -2.34. The lowest BCUT2D eigenvalue weighted by Crippen LogP contribution is -2.40. The predicted molar refractivity (Wildman–Crippen MR) is 125 cm³/mol. The highest BCUT2D eigenvalue weighted by molar-refractivity contribution is 7.91. The van der Waals surface area contributed by atoms with Crippen LogP contribution in [0.1, 0.15) is 12.8 Å². The van der Waals surface area contributed by atoms with Crippen LogP contribution in [0.3, 0.4) is 0 Å². The van der Waals surface area contributed by atoms with E-state index in [1.807, 2.05) is 0 Å². The molecule has 1 aliphatic heterocycles. The average molecular weight is 531 g/mol. The zero-order valence-electron chi connectivity index (χ0n) is 17.3. The van der Waals surface area contributed by atoms with Crippen LogP contribution in [0.15, 0.2) is 39.5 Å². The first-order valence-electron chi connectivity index (χ1n) is 9.85. The molecule has 1 fully saturated rings. The number of nitrogens with zero attached hydrogens (tertiary/aromatic N) is 4. The molecule has 14 heteroatoms. The molecular formula is C19H19ClN4O6S3. The van der Waals surface area contributed by atoms with Crippen LogP contribution in [-0.4, -0.2) is 54.4 Å². The molecule has 1 aliphatic rings. The molecule has 1 atom stereocenters. The third-order valence-electron chi connectivity index (χ3n) is 5.20. The molecule has 3 heterocycles. The number of aromatic nitrogens is 1. The number of benzene rings is 1. The number of hydrogen-bond acceptors (Lipinski definition) is 8. The van der Waals surface area contributed by atoms with Crippen LogP contribution in [0.4, 0.5) is 5.69 Å². The highest BCUT2D eigenvalue weighted by atomic mass is 35.5. The van der Waals surface area contributed by atoms with Crippen LogP contribution in [-0.2, 0) is 26.1 Å². The number of rotatable bonds is 7. The molecule has 2 aromatic heterocycles. The Morgan fingerprint density at radius 1 is 1.33 bits per heavy atom. The van der Waals surface area contributed by atoms with Gasteiger partial charge in [-0.05, 0) is 31.0 Å². The standard InChI is InChI=1S/C19H19ClN4O6S3/c1-30-10-9-22-13-5-4-12(24(26)27)11-15(13)31-19(22)21-18(25)14-3-2-8-23(14)33(28,29)17-7-6-16(20)32-17/h4-7,11,14H,2-3,8-10H2,1H3/t14-/m0/s1. The fourth-order valence-electron chi connectivity index (χ4n) is 3.65. The molecule has 1 saturated heterocycles. The topological polar surface area (TPSA) is 124 Å². The van der Waals surface area contributed by atoms with E-state index in [0.29, 0.717) is 45.3 Å². The lowest BCUT2D eigenvalue weighted by Gasteiger charge is -2.20. The molecule has 0 radical (unpaired) electrons. The number of fused-ring (bicyclic) bond motifs is 1. The summed E-state index contributed by atoms with van der Waals surface area (Å²) in [5, 5.41) is 11.1. The Morgan fingerprint density at radius 3 is 2.79 bits per heavy atom. The number of thiazole rings is 1. The van der Waals surface area contributed by atoms with Gasteiger partial charge in [0.2, 0.25) is 0 Å². The number of carbonyl (C=O) groups excluding carboxylic acids is 1. The number of nitro benzene ring substituents is 1. The fourth-order valence-corrected chi connectivity index (χ4v) is 8.01. The second-order valence-electron chi connectivity index (χ2n) is 7.22. The molecule has 0 spiro atoms. The minimum absolute atomic E-state index is 0.0665. The Bertz CT molecular complexity index is 1390. The zero-order valence-corrected chi connectivity index (χ0v) is 20.5. The van der Waals surface area contributed by atoms with E-state index in [0.717, 1.165) is 22.7 Å². The van der Waals surface area contributed by atoms with Gasteiger partial charge in [0, 0.05) is 32.3 Å². The van der Waals surface area contributed by atoms with Gasteiger partial charge in [-0.3, -0.25) is 14.9 Å². The van der Waals surface area contributed by atoms with Crippen molar-refractivity contribution in [2.75, 3.05) is 20.3 Å². The fraction of sp³-hybridized carbons (Fsp3) is 0.368. The van der Waals surface area contributed by atoms with Crippen molar-refractivity contribution in [2.24, 2.45) is 4.99 Å². The van der Waals surface area contributed by atoms with Gasteiger partial charge in [-0.25, -0.2) is 8.42 Å².